The van der Waals surface area contributed by atoms with Crippen LogP contribution in [0.25, 0.3) is 0 Å². The molecule has 2 N–H and O–H groups in total. The lowest BCUT2D eigenvalue weighted by Gasteiger charge is -2.28. The van der Waals surface area contributed by atoms with Crippen molar-refractivity contribution < 1.29 is 9.66 Å². The molecule has 0 unspecified atom stereocenters. The van der Waals surface area contributed by atoms with Crippen molar-refractivity contribution >= 4 is 17.3 Å². The fraction of sp³-hybridized carbons (Fsp3) is 0.412. The highest BCUT2D eigenvalue weighted by Crippen LogP contribution is 2.32. The van der Waals surface area contributed by atoms with Gasteiger partial charge in [-0.1, -0.05) is 12.1 Å². The molecule has 136 valence electrons. The summed E-state index contributed by atoms with van der Waals surface area (Å²) in [5.41, 5.74) is 2.13. The monoisotopic (exact) mass is 356 g/mol. The number of fused-ring (bicyclic) bond motifs is 1. The zero-order valence-corrected chi connectivity index (χ0v) is 14.3. The van der Waals surface area contributed by atoms with E-state index in [4.69, 9.17) is 4.74 Å². The fourth-order valence-corrected chi connectivity index (χ4v) is 3.31. The molecule has 0 amide bonds. The summed E-state index contributed by atoms with van der Waals surface area (Å²) in [7, 11) is 0. The number of aromatic nitrogens is 2. The maximum absolute atomic E-state index is 11.7. The summed E-state index contributed by atoms with van der Waals surface area (Å²) in [6.45, 7) is 4.08. The van der Waals surface area contributed by atoms with Crippen molar-refractivity contribution in [3.05, 3.63) is 45.8 Å². The predicted octanol–water partition coefficient (Wildman–Crippen LogP) is 1.34. The molecule has 0 bridgehead atoms. The molecule has 3 heterocycles. The summed E-state index contributed by atoms with van der Waals surface area (Å²) in [4.78, 5) is 21.5. The topological polar surface area (TPSA) is 105 Å². The molecule has 0 atom stereocenters. The van der Waals surface area contributed by atoms with Crippen LogP contribution in [0, 0.1) is 10.1 Å². The number of piperazine rings is 1. The molecular weight excluding hydrogens is 336 g/mol. The van der Waals surface area contributed by atoms with Crippen LogP contribution in [0.1, 0.15) is 11.1 Å². The molecule has 2 aromatic rings. The molecule has 1 aromatic carbocycles. The molecule has 9 nitrogen and oxygen atoms in total. The van der Waals surface area contributed by atoms with Crippen LogP contribution in [0.4, 0.5) is 17.3 Å². The van der Waals surface area contributed by atoms with Gasteiger partial charge < -0.3 is 20.3 Å². The van der Waals surface area contributed by atoms with Gasteiger partial charge in [-0.25, -0.2) is 9.97 Å². The summed E-state index contributed by atoms with van der Waals surface area (Å²) in [5, 5.41) is 18.0. The summed E-state index contributed by atoms with van der Waals surface area (Å²) < 4.78 is 5.51. The Labute approximate surface area is 150 Å². The molecule has 9 heteroatoms. The molecule has 2 aliphatic rings. The second-order valence-corrected chi connectivity index (χ2v) is 6.28. The van der Waals surface area contributed by atoms with Crippen molar-refractivity contribution in [2.45, 2.75) is 13.0 Å². The van der Waals surface area contributed by atoms with Gasteiger partial charge in [-0.3, -0.25) is 10.1 Å². The lowest BCUT2D eigenvalue weighted by Crippen LogP contribution is -2.44. The first kappa shape index (κ1) is 16.5. The molecule has 2 aliphatic heterocycles. The highest BCUT2D eigenvalue weighted by atomic mass is 16.6. The summed E-state index contributed by atoms with van der Waals surface area (Å²) in [6, 6.07) is 5.97. The van der Waals surface area contributed by atoms with Crippen LogP contribution >= 0.6 is 0 Å². The number of benzene rings is 1. The van der Waals surface area contributed by atoms with Crippen molar-refractivity contribution in [2.24, 2.45) is 0 Å². The van der Waals surface area contributed by atoms with Crippen LogP contribution in [0.5, 0.6) is 5.75 Å². The molecule has 0 radical (unpaired) electrons. The van der Waals surface area contributed by atoms with Crippen molar-refractivity contribution in [3.63, 3.8) is 0 Å². The van der Waals surface area contributed by atoms with Crippen molar-refractivity contribution in [3.8, 4) is 5.75 Å². The van der Waals surface area contributed by atoms with Gasteiger partial charge in [0.2, 0.25) is 11.6 Å². The molecular formula is C17H20N6O3. The zero-order chi connectivity index (χ0) is 17.9. The Balaban J connectivity index is 1.56. The Morgan fingerprint density at radius 2 is 2.15 bits per heavy atom. The van der Waals surface area contributed by atoms with E-state index < -0.39 is 4.92 Å². The zero-order valence-electron chi connectivity index (χ0n) is 14.3. The van der Waals surface area contributed by atoms with Gasteiger partial charge in [0.1, 0.15) is 12.1 Å². The van der Waals surface area contributed by atoms with Crippen molar-refractivity contribution in [1.82, 2.24) is 15.3 Å². The minimum atomic E-state index is -0.407. The van der Waals surface area contributed by atoms with Gasteiger partial charge in [0.05, 0.1) is 11.5 Å². The summed E-state index contributed by atoms with van der Waals surface area (Å²) in [6.07, 6.45) is 2.27. The fourth-order valence-electron chi connectivity index (χ4n) is 3.31. The largest absolute Gasteiger partial charge is 0.493 e. The third-order valence-electron chi connectivity index (χ3n) is 4.62. The van der Waals surface area contributed by atoms with E-state index in [1.807, 2.05) is 17.0 Å². The highest BCUT2D eigenvalue weighted by molar-refractivity contribution is 5.70. The van der Waals surface area contributed by atoms with Gasteiger partial charge in [-0.15, -0.1) is 0 Å². The second kappa shape index (κ2) is 7.12. The first-order valence-corrected chi connectivity index (χ1v) is 8.66. The highest BCUT2D eigenvalue weighted by Gasteiger charge is 2.27. The minimum absolute atomic E-state index is 0.0705. The number of nitrogens with zero attached hydrogens (tertiary/aromatic N) is 4. The SMILES string of the molecule is O=[N+]([O-])c1c(NCc2ccc3c(c2)CCO3)ncnc1N1CCNCC1. The minimum Gasteiger partial charge on any atom is -0.493 e. The number of nitrogens with one attached hydrogen (secondary N) is 2. The van der Waals surface area contributed by atoms with Gasteiger partial charge in [0.15, 0.2) is 0 Å². The third-order valence-corrected chi connectivity index (χ3v) is 4.62. The van der Waals surface area contributed by atoms with E-state index in [0.717, 1.165) is 30.8 Å². The van der Waals surface area contributed by atoms with Crippen LogP contribution in [0.2, 0.25) is 0 Å². The van der Waals surface area contributed by atoms with Gasteiger partial charge in [0, 0.05) is 39.1 Å². The second-order valence-electron chi connectivity index (χ2n) is 6.28. The molecule has 1 saturated heterocycles. The van der Waals surface area contributed by atoms with E-state index in [1.165, 1.54) is 11.9 Å². The molecule has 0 spiro atoms. The lowest BCUT2D eigenvalue weighted by molar-refractivity contribution is -0.383. The van der Waals surface area contributed by atoms with Crippen molar-refractivity contribution in [1.29, 1.82) is 0 Å². The van der Waals surface area contributed by atoms with Gasteiger partial charge in [-0.05, 0) is 17.2 Å². The van der Waals surface area contributed by atoms with Crippen LogP contribution in [-0.4, -0.2) is 47.7 Å². The quantitative estimate of drug-likeness (QED) is 0.611. The maximum atomic E-state index is 11.7. The number of anilines is 2. The molecule has 0 aliphatic carbocycles. The van der Waals surface area contributed by atoms with E-state index in [2.05, 4.69) is 26.7 Å². The number of hydrogen-bond donors (Lipinski definition) is 2. The number of nitro groups is 1. The summed E-state index contributed by atoms with van der Waals surface area (Å²) >= 11 is 0. The van der Waals surface area contributed by atoms with Gasteiger partial charge in [-0.2, -0.15) is 0 Å². The number of hydrogen-bond acceptors (Lipinski definition) is 8. The third kappa shape index (κ3) is 3.25. The first-order valence-electron chi connectivity index (χ1n) is 8.66. The number of rotatable bonds is 5. The van der Waals surface area contributed by atoms with Crippen LogP contribution < -0.4 is 20.3 Å². The predicted molar refractivity (Wildman–Crippen MR) is 96.7 cm³/mol. The Bertz CT molecular complexity index is 822. The van der Waals surface area contributed by atoms with Crippen molar-refractivity contribution in [2.75, 3.05) is 43.0 Å². The van der Waals surface area contributed by atoms with E-state index in [1.54, 1.807) is 0 Å². The Kier molecular flexibility index (Phi) is 4.53. The van der Waals surface area contributed by atoms with Crippen LogP contribution in [-0.2, 0) is 13.0 Å². The lowest BCUT2D eigenvalue weighted by atomic mass is 10.1. The number of ether oxygens (including phenoxy) is 1. The van der Waals surface area contributed by atoms with Crippen LogP contribution in [0.3, 0.4) is 0 Å². The molecule has 26 heavy (non-hydrogen) atoms. The van der Waals surface area contributed by atoms with Gasteiger partial charge in [0.25, 0.3) is 0 Å². The molecule has 4 rings (SSSR count). The van der Waals surface area contributed by atoms with E-state index in [0.29, 0.717) is 32.1 Å². The normalized spacial score (nSPS) is 16.1. The standard InChI is InChI=1S/C17H20N6O3/c24-23(25)15-16(20-11-21-17(15)22-6-4-18-5-7-22)19-10-12-1-2-14-13(9-12)3-8-26-14/h1-2,9,11,18H,3-8,10H2,(H,19,20,21). The Morgan fingerprint density at radius 3 is 2.96 bits per heavy atom. The van der Waals surface area contributed by atoms with E-state index >= 15 is 0 Å². The molecule has 1 fully saturated rings. The first-order chi connectivity index (χ1) is 12.7. The van der Waals surface area contributed by atoms with E-state index in [9.17, 15) is 10.1 Å². The van der Waals surface area contributed by atoms with Gasteiger partial charge >= 0.3 is 5.69 Å². The molecule has 0 saturated carbocycles. The summed E-state index contributed by atoms with van der Waals surface area (Å²) in [5.74, 6) is 1.54. The Morgan fingerprint density at radius 1 is 1.31 bits per heavy atom. The van der Waals surface area contributed by atoms with Crippen LogP contribution in [0.15, 0.2) is 24.5 Å². The average Bonchev–Trinajstić information content (AvgIpc) is 3.14. The smallest absolute Gasteiger partial charge is 0.353 e. The van der Waals surface area contributed by atoms with E-state index in [-0.39, 0.29) is 11.5 Å². The molecule has 1 aromatic heterocycles. The average molecular weight is 356 g/mol. The Hall–Kier alpha value is -2.94. The maximum Gasteiger partial charge on any atom is 0.353 e.